The first-order chi connectivity index (χ1) is 12.6. The lowest BCUT2D eigenvalue weighted by Crippen LogP contribution is -2.24. The monoisotopic (exact) mass is 368 g/mol. The molecular weight excluding hydrogens is 352 g/mol. The predicted molar refractivity (Wildman–Crippen MR) is 97.6 cm³/mol. The quantitative estimate of drug-likeness (QED) is 0.761. The molecule has 1 atom stereocenters. The SMILES string of the molecule is CC1CC(=O)c2cnc(NC(=O)COc3nc4ccccc4s3)nc2C1. The number of Topliss-reactive ketones (excluding diaryl/α,β-unsaturated/α-hetero) is 1. The lowest BCUT2D eigenvalue weighted by molar-refractivity contribution is -0.118. The summed E-state index contributed by atoms with van der Waals surface area (Å²) in [5.41, 5.74) is 2.07. The van der Waals surface area contributed by atoms with Crippen molar-refractivity contribution in [2.75, 3.05) is 11.9 Å². The molecule has 7 nitrogen and oxygen atoms in total. The van der Waals surface area contributed by atoms with Gasteiger partial charge in [-0.3, -0.25) is 14.9 Å². The minimum atomic E-state index is -0.376. The van der Waals surface area contributed by atoms with Gasteiger partial charge in [-0.15, -0.1) is 0 Å². The van der Waals surface area contributed by atoms with Gasteiger partial charge in [-0.05, 0) is 24.5 Å². The Morgan fingerprint density at radius 3 is 3.00 bits per heavy atom. The predicted octanol–water partition coefficient (Wildman–Crippen LogP) is 2.87. The van der Waals surface area contributed by atoms with Crippen molar-refractivity contribution in [2.45, 2.75) is 19.8 Å². The van der Waals surface area contributed by atoms with Crippen molar-refractivity contribution in [1.82, 2.24) is 15.0 Å². The first kappa shape index (κ1) is 16.6. The Morgan fingerprint density at radius 1 is 1.31 bits per heavy atom. The van der Waals surface area contributed by atoms with E-state index in [1.807, 2.05) is 31.2 Å². The van der Waals surface area contributed by atoms with E-state index >= 15 is 0 Å². The third-order valence-electron chi connectivity index (χ3n) is 4.10. The van der Waals surface area contributed by atoms with Gasteiger partial charge in [-0.1, -0.05) is 30.4 Å². The van der Waals surface area contributed by atoms with Crippen LogP contribution in [-0.4, -0.2) is 33.2 Å². The van der Waals surface area contributed by atoms with Crippen LogP contribution in [0, 0.1) is 5.92 Å². The summed E-state index contributed by atoms with van der Waals surface area (Å²) < 4.78 is 6.46. The molecule has 0 radical (unpaired) electrons. The Bertz CT molecular complexity index is 968. The Morgan fingerprint density at radius 2 is 2.15 bits per heavy atom. The van der Waals surface area contributed by atoms with Crippen LogP contribution in [0.4, 0.5) is 5.95 Å². The van der Waals surface area contributed by atoms with Crippen molar-refractivity contribution >= 4 is 39.2 Å². The molecule has 1 amide bonds. The van der Waals surface area contributed by atoms with Crippen LogP contribution in [-0.2, 0) is 11.2 Å². The number of hydrogen-bond donors (Lipinski definition) is 1. The minimum absolute atomic E-state index is 0.0517. The molecule has 4 rings (SSSR count). The minimum Gasteiger partial charge on any atom is -0.460 e. The van der Waals surface area contributed by atoms with E-state index in [-0.39, 0.29) is 30.2 Å². The fraction of sp³-hybridized carbons (Fsp3) is 0.278. The van der Waals surface area contributed by atoms with Crippen molar-refractivity contribution < 1.29 is 14.3 Å². The summed E-state index contributed by atoms with van der Waals surface area (Å²) in [5, 5.41) is 3.04. The summed E-state index contributed by atoms with van der Waals surface area (Å²) in [6.45, 7) is 1.82. The van der Waals surface area contributed by atoms with Gasteiger partial charge >= 0.3 is 0 Å². The second-order valence-electron chi connectivity index (χ2n) is 6.27. The Kier molecular flexibility index (Phi) is 4.34. The molecule has 2 heterocycles. The van der Waals surface area contributed by atoms with Crippen molar-refractivity contribution in [3.8, 4) is 5.19 Å². The van der Waals surface area contributed by atoms with Gasteiger partial charge in [-0.25, -0.2) is 15.0 Å². The third kappa shape index (κ3) is 3.41. The van der Waals surface area contributed by atoms with Gasteiger partial charge in [0.15, 0.2) is 12.4 Å². The molecule has 0 saturated carbocycles. The van der Waals surface area contributed by atoms with Crippen LogP contribution in [0.15, 0.2) is 30.5 Å². The summed E-state index contributed by atoms with van der Waals surface area (Å²) in [4.78, 5) is 36.8. The van der Waals surface area contributed by atoms with Crippen LogP contribution in [0.25, 0.3) is 10.2 Å². The molecule has 132 valence electrons. The van der Waals surface area contributed by atoms with E-state index in [2.05, 4.69) is 20.3 Å². The molecule has 1 aromatic carbocycles. The second kappa shape index (κ2) is 6.80. The summed E-state index contributed by atoms with van der Waals surface area (Å²) in [6.07, 6.45) is 2.70. The van der Waals surface area contributed by atoms with E-state index in [9.17, 15) is 9.59 Å². The number of ether oxygens (including phenoxy) is 1. The Hall–Kier alpha value is -2.87. The molecule has 0 fully saturated rings. The van der Waals surface area contributed by atoms with Gasteiger partial charge in [0.05, 0.1) is 21.5 Å². The van der Waals surface area contributed by atoms with Crippen molar-refractivity contribution in [2.24, 2.45) is 5.92 Å². The zero-order valence-corrected chi connectivity index (χ0v) is 14.9. The second-order valence-corrected chi connectivity index (χ2v) is 7.27. The number of aromatic nitrogens is 3. The summed E-state index contributed by atoms with van der Waals surface area (Å²) in [5.74, 6) is 0.106. The lowest BCUT2D eigenvalue weighted by Gasteiger charge is -2.19. The number of amides is 1. The highest BCUT2D eigenvalue weighted by atomic mass is 32.1. The molecule has 8 heteroatoms. The number of nitrogens with one attached hydrogen (secondary N) is 1. The van der Waals surface area contributed by atoms with Gasteiger partial charge in [0.1, 0.15) is 0 Å². The summed E-state index contributed by atoms with van der Waals surface area (Å²) >= 11 is 1.38. The summed E-state index contributed by atoms with van der Waals surface area (Å²) in [6, 6.07) is 7.67. The molecule has 1 N–H and O–H groups in total. The highest BCUT2D eigenvalue weighted by Gasteiger charge is 2.24. The van der Waals surface area contributed by atoms with E-state index in [0.717, 1.165) is 10.2 Å². The van der Waals surface area contributed by atoms with Crippen LogP contribution in [0.5, 0.6) is 5.19 Å². The fourth-order valence-corrected chi connectivity index (χ4v) is 3.71. The number of carbonyl (C=O) groups excluding carboxylic acids is 2. The Balaban J connectivity index is 1.40. The molecule has 1 unspecified atom stereocenters. The zero-order chi connectivity index (χ0) is 18.1. The third-order valence-corrected chi connectivity index (χ3v) is 5.04. The van der Waals surface area contributed by atoms with Crippen molar-refractivity contribution in [1.29, 1.82) is 0 Å². The Labute approximate surface area is 153 Å². The summed E-state index contributed by atoms with van der Waals surface area (Å²) in [7, 11) is 0. The van der Waals surface area contributed by atoms with Crippen molar-refractivity contribution in [3.05, 3.63) is 41.7 Å². The van der Waals surface area contributed by atoms with E-state index in [1.54, 1.807) is 0 Å². The number of nitrogens with zero attached hydrogens (tertiary/aromatic N) is 3. The normalized spacial score (nSPS) is 16.3. The average molecular weight is 368 g/mol. The largest absolute Gasteiger partial charge is 0.460 e. The molecule has 0 aliphatic heterocycles. The maximum atomic E-state index is 12.1. The molecule has 26 heavy (non-hydrogen) atoms. The molecule has 3 aromatic rings. The number of fused-ring (bicyclic) bond motifs is 2. The number of carbonyl (C=O) groups is 2. The highest BCUT2D eigenvalue weighted by molar-refractivity contribution is 7.20. The van der Waals surface area contributed by atoms with Gasteiger partial charge in [-0.2, -0.15) is 0 Å². The number of anilines is 1. The molecule has 1 aliphatic rings. The molecular formula is C18H16N4O3S. The van der Waals surface area contributed by atoms with E-state index in [4.69, 9.17) is 4.74 Å². The van der Waals surface area contributed by atoms with Crippen LogP contribution in [0.3, 0.4) is 0 Å². The van der Waals surface area contributed by atoms with Gasteiger partial charge in [0, 0.05) is 12.6 Å². The number of hydrogen-bond acceptors (Lipinski definition) is 7. The van der Waals surface area contributed by atoms with E-state index < -0.39 is 0 Å². The van der Waals surface area contributed by atoms with Gasteiger partial charge in [0.25, 0.3) is 11.1 Å². The van der Waals surface area contributed by atoms with Crippen LogP contribution in [0.1, 0.15) is 29.4 Å². The molecule has 0 saturated heterocycles. The van der Waals surface area contributed by atoms with E-state index in [0.29, 0.717) is 29.3 Å². The van der Waals surface area contributed by atoms with Crippen LogP contribution >= 0.6 is 11.3 Å². The van der Waals surface area contributed by atoms with Gasteiger partial charge in [0.2, 0.25) is 5.95 Å². The maximum absolute atomic E-state index is 12.1. The number of rotatable bonds is 4. The highest BCUT2D eigenvalue weighted by Crippen LogP contribution is 2.27. The molecule has 1 aliphatic carbocycles. The number of benzene rings is 1. The van der Waals surface area contributed by atoms with E-state index in [1.165, 1.54) is 17.5 Å². The van der Waals surface area contributed by atoms with Crippen LogP contribution in [0.2, 0.25) is 0 Å². The maximum Gasteiger partial charge on any atom is 0.274 e. The topological polar surface area (TPSA) is 94.1 Å². The van der Waals surface area contributed by atoms with Gasteiger partial charge < -0.3 is 4.74 Å². The molecule has 0 bridgehead atoms. The molecule has 0 spiro atoms. The lowest BCUT2D eigenvalue weighted by atomic mass is 9.88. The first-order valence-corrected chi connectivity index (χ1v) is 9.07. The van der Waals surface area contributed by atoms with Crippen LogP contribution < -0.4 is 10.1 Å². The first-order valence-electron chi connectivity index (χ1n) is 8.26. The standard InChI is InChI=1S/C18H16N4O3S/c1-10-6-13-11(14(23)7-10)8-19-17(20-13)22-16(24)9-25-18-21-12-4-2-3-5-15(12)26-18/h2-5,8,10H,6-7,9H2,1H3,(H,19,20,22,24). The number of para-hydroxylation sites is 1. The van der Waals surface area contributed by atoms with Crippen molar-refractivity contribution in [3.63, 3.8) is 0 Å². The number of thiazole rings is 1. The average Bonchev–Trinajstić information content (AvgIpc) is 3.02. The number of ketones is 1. The zero-order valence-electron chi connectivity index (χ0n) is 14.1. The smallest absolute Gasteiger partial charge is 0.274 e. The molecule has 2 aromatic heterocycles. The fourth-order valence-electron chi connectivity index (χ4n) is 2.90.